The topological polar surface area (TPSA) is 56.2 Å². The van der Waals surface area contributed by atoms with Crippen LogP contribution >= 0.6 is 0 Å². The maximum atomic E-state index is 12.1. The molecular weight excluding hydrogens is 326 g/mol. The van der Waals surface area contributed by atoms with Gasteiger partial charge in [-0.1, -0.05) is 45.6 Å². The number of aromatic nitrogens is 2. The van der Waals surface area contributed by atoms with Gasteiger partial charge in [-0.3, -0.25) is 9.36 Å². The summed E-state index contributed by atoms with van der Waals surface area (Å²) in [7, 11) is 0. The van der Waals surface area contributed by atoms with Crippen LogP contribution in [0.5, 0.6) is 5.75 Å². The third kappa shape index (κ3) is 4.65. The third-order valence-corrected chi connectivity index (χ3v) is 5.01. The number of benzene rings is 1. The molecule has 0 aliphatic carbocycles. The summed E-state index contributed by atoms with van der Waals surface area (Å²) in [4.78, 5) is 16.4. The summed E-state index contributed by atoms with van der Waals surface area (Å²) >= 11 is 0. The van der Waals surface area contributed by atoms with Gasteiger partial charge in [-0.15, -0.1) is 0 Å². The van der Waals surface area contributed by atoms with E-state index in [1.165, 1.54) is 25.7 Å². The monoisotopic (exact) mass is 355 g/mol. The molecule has 0 saturated carbocycles. The fourth-order valence-electron chi connectivity index (χ4n) is 3.34. The fraction of sp³-hybridized carbons (Fsp3) is 0.524. The van der Waals surface area contributed by atoms with Crippen LogP contribution in [-0.4, -0.2) is 15.5 Å². The normalized spacial score (nSPS) is 13.5. The first-order chi connectivity index (χ1) is 12.7. The number of nitrogens with one attached hydrogen (secondary N) is 1. The second-order valence-corrected chi connectivity index (χ2v) is 7.22. The van der Waals surface area contributed by atoms with Crippen LogP contribution in [-0.2, 0) is 17.9 Å². The first-order valence-electron chi connectivity index (χ1n) is 9.72. The van der Waals surface area contributed by atoms with Gasteiger partial charge in [0.2, 0.25) is 5.91 Å². The average molecular weight is 355 g/mol. The maximum Gasteiger partial charge on any atom is 0.220 e. The summed E-state index contributed by atoms with van der Waals surface area (Å²) < 4.78 is 7.77. The Morgan fingerprint density at radius 1 is 1.35 bits per heavy atom. The molecule has 1 aromatic carbocycles. The van der Waals surface area contributed by atoms with Gasteiger partial charge in [-0.25, -0.2) is 4.98 Å². The van der Waals surface area contributed by atoms with Crippen LogP contribution in [0.3, 0.4) is 0 Å². The van der Waals surface area contributed by atoms with Crippen LogP contribution in [0, 0.1) is 5.92 Å². The second kappa shape index (κ2) is 8.88. The zero-order chi connectivity index (χ0) is 18.4. The number of fused-ring (bicyclic) bond motifs is 3. The van der Waals surface area contributed by atoms with Crippen LogP contribution < -0.4 is 10.1 Å². The standard InChI is InChI=1S/C21H29N3O2/c1-3-4-5-6-16(2)7-10-21(25)23-14-17-8-9-19-18(13-17)24-12-11-22-20(24)15-26-19/h8-9,11-13,16H,3-7,10,14-15H2,1-2H3,(H,23,25). The van der Waals surface area contributed by atoms with Crippen LogP contribution in [0.1, 0.15) is 63.8 Å². The molecular formula is C21H29N3O2. The number of hydrogen-bond donors (Lipinski definition) is 1. The minimum atomic E-state index is 0.129. The van der Waals surface area contributed by atoms with E-state index in [4.69, 9.17) is 4.74 Å². The van der Waals surface area contributed by atoms with E-state index in [1.54, 1.807) is 6.20 Å². The quantitative estimate of drug-likeness (QED) is 0.679. The molecule has 0 bridgehead atoms. The molecule has 2 heterocycles. The largest absolute Gasteiger partial charge is 0.483 e. The number of carbonyl (C=O) groups is 1. The van der Waals surface area contributed by atoms with Crippen LogP contribution in [0.15, 0.2) is 30.6 Å². The summed E-state index contributed by atoms with van der Waals surface area (Å²) in [5, 5.41) is 3.04. The molecule has 1 aromatic heterocycles. The summed E-state index contributed by atoms with van der Waals surface area (Å²) in [6.07, 6.45) is 10.3. The highest BCUT2D eigenvalue weighted by molar-refractivity contribution is 5.75. The van der Waals surface area contributed by atoms with Crippen molar-refractivity contribution in [1.29, 1.82) is 0 Å². The van der Waals surface area contributed by atoms with Gasteiger partial charge in [-0.05, 0) is 30.0 Å². The molecule has 0 radical (unpaired) electrons. The number of imidazole rings is 1. The maximum absolute atomic E-state index is 12.1. The van der Waals surface area contributed by atoms with Gasteiger partial charge in [0.05, 0.1) is 5.69 Å². The number of amides is 1. The van der Waals surface area contributed by atoms with Crippen LogP contribution in [0.2, 0.25) is 0 Å². The number of hydrogen-bond acceptors (Lipinski definition) is 3. The Labute approximate surface area is 155 Å². The van der Waals surface area contributed by atoms with Gasteiger partial charge in [0, 0.05) is 25.4 Å². The summed E-state index contributed by atoms with van der Waals surface area (Å²) in [5.74, 6) is 2.50. The van der Waals surface area contributed by atoms with E-state index in [-0.39, 0.29) is 5.91 Å². The molecule has 1 unspecified atom stereocenters. The Hall–Kier alpha value is -2.30. The molecule has 1 aliphatic heterocycles. The lowest BCUT2D eigenvalue weighted by Crippen LogP contribution is -2.23. The second-order valence-electron chi connectivity index (χ2n) is 7.22. The van der Waals surface area contributed by atoms with Crippen molar-refractivity contribution in [2.45, 2.75) is 65.5 Å². The Morgan fingerprint density at radius 3 is 3.08 bits per heavy atom. The summed E-state index contributed by atoms with van der Waals surface area (Å²) in [5.41, 5.74) is 2.05. The fourth-order valence-corrected chi connectivity index (χ4v) is 3.34. The minimum absolute atomic E-state index is 0.129. The lowest BCUT2D eigenvalue weighted by Gasteiger charge is -2.20. The van der Waals surface area contributed by atoms with Crippen molar-refractivity contribution in [2.24, 2.45) is 5.92 Å². The average Bonchev–Trinajstić information content (AvgIpc) is 3.14. The molecule has 1 atom stereocenters. The molecule has 1 amide bonds. The van der Waals surface area contributed by atoms with Gasteiger partial charge in [-0.2, -0.15) is 0 Å². The number of nitrogens with zero attached hydrogens (tertiary/aromatic N) is 2. The molecule has 2 aromatic rings. The number of rotatable bonds is 9. The van der Waals surface area contributed by atoms with E-state index < -0.39 is 0 Å². The number of unbranched alkanes of at least 4 members (excludes halogenated alkanes) is 2. The van der Waals surface area contributed by atoms with Crippen LogP contribution in [0.4, 0.5) is 0 Å². The van der Waals surface area contributed by atoms with Crippen molar-refractivity contribution >= 4 is 5.91 Å². The van der Waals surface area contributed by atoms with E-state index in [0.29, 0.717) is 25.5 Å². The Kier molecular flexibility index (Phi) is 6.31. The van der Waals surface area contributed by atoms with Crippen molar-refractivity contribution in [3.8, 4) is 11.4 Å². The lowest BCUT2D eigenvalue weighted by atomic mass is 9.98. The summed E-state index contributed by atoms with van der Waals surface area (Å²) in [6, 6.07) is 6.04. The molecule has 1 N–H and O–H groups in total. The summed E-state index contributed by atoms with van der Waals surface area (Å²) in [6.45, 7) is 5.50. The Balaban J connectivity index is 1.48. The van der Waals surface area contributed by atoms with E-state index in [1.807, 2.05) is 22.9 Å². The van der Waals surface area contributed by atoms with Crippen molar-refractivity contribution in [1.82, 2.24) is 14.9 Å². The first-order valence-corrected chi connectivity index (χ1v) is 9.72. The molecule has 140 valence electrons. The van der Waals surface area contributed by atoms with Crippen molar-refractivity contribution in [2.75, 3.05) is 0 Å². The highest BCUT2D eigenvalue weighted by Crippen LogP contribution is 2.30. The zero-order valence-electron chi connectivity index (χ0n) is 15.8. The van der Waals surface area contributed by atoms with E-state index in [2.05, 4.69) is 30.2 Å². The molecule has 1 aliphatic rings. The molecule has 5 heteroatoms. The molecule has 0 fully saturated rings. The van der Waals surface area contributed by atoms with Gasteiger partial charge in [0.15, 0.2) is 5.82 Å². The van der Waals surface area contributed by atoms with Crippen molar-refractivity contribution in [3.05, 3.63) is 42.0 Å². The van der Waals surface area contributed by atoms with Gasteiger partial charge < -0.3 is 10.1 Å². The van der Waals surface area contributed by atoms with Crippen LogP contribution in [0.25, 0.3) is 5.69 Å². The van der Waals surface area contributed by atoms with Gasteiger partial charge in [0.25, 0.3) is 0 Å². The predicted molar refractivity (Wildman–Crippen MR) is 102 cm³/mol. The number of carbonyl (C=O) groups excluding carboxylic acids is 1. The highest BCUT2D eigenvalue weighted by atomic mass is 16.5. The molecule has 5 nitrogen and oxygen atoms in total. The van der Waals surface area contributed by atoms with E-state index in [0.717, 1.165) is 29.2 Å². The first kappa shape index (κ1) is 18.5. The molecule has 26 heavy (non-hydrogen) atoms. The highest BCUT2D eigenvalue weighted by Gasteiger charge is 2.17. The SMILES string of the molecule is CCCCCC(C)CCC(=O)NCc1ccc2c(c1)-n1ccnc1CO2. The van der Waals surface area contributed by atoms with Crippen molar-refractivity contribution in [3.63, 3.8) is 0 Å². The molecule has 0 spiro atoms. The van der Waals surface area contributed by atoms with Gasteiger partial charge >= 0.3 is 0 Å². The Bertz CT molecular complexity index is 739. The molecule has 0 saturated heterocycles. The third-order valence-electron chi connectivity index (χ3n) is 5.01. The predicted octanol–water partition coefficient (Wildman–Crippen LogP) is 4.38. The van der Waals surface area contributed by atoms with Gasteiger partial charge in [0.1, 0.15) is 12.4 Å². The van der Waals surface area contributed by atoms with Crippen molar-refractivity contribution < 1.29 is 9.53 Å². The number of ether oxygens (including phenoxy) is 1. The lowest BCUT2D eigenvalue weighted by molar-refractivity contribution is -0.121. The Morgan fingerprint density at radius 2 is 2.23 bits per heavy atom. The van der Waals surface area contributed by atoms with E-state index >= 15 is 0 Å². The minimum Gasteiger partial charge on any atom is -0.483 e. The molecule has 3 rings (SSSR count). The van der Waals surface area contributed by atoms with E-state index in [9.17, 15) is 4.79 Å². The smallest absolute Gasteiger partial charge is 0.220 e. The zero-order valence-corrected chi connectivity index (χ0v) is 15.8.